The minimum absolute atomic E-state index is 0.0343. The van der Waals surface area contributed by atoms with Gasteiger partial charge in [0.25, 0.3) is 11.6 Å². The lowest BCUT2D eigenvalue weighted by atomic mass is 10.2. The Morgan fingerprint density at radius 3 is 2.95 bits per heavy atom. The van der Waals surface area contributed by atoms with Crippen molar-refractivity contribution in [3.8, 4) is 0 Å². The summed E-state index contributed by atoms with van der Waals surface area (Å²) in [6.45, 7) is 3.60. The molecule has 0 fully saturated rings. The Bertz CT molecular complexity index is 482. The van der Waals surface area contributed by atoms with E-state index in [1.165, 1.54) is 6.07 Å². The topological polar surface area (TPSA) is 94.4 Å². The predicted octanol–water partition coefficient (Wildman–Crippen LogP) is 2.19. The summed E-state index contributed by atoms with van der Waals surface area (Å²) in [6.07, 6.45) is 2.55. The minimum atomic E-state index is -0.664. The molecule has 0 radical (unpaired) electrons. The maximum atomic E-state index is 11.9. The predicted molar refractivity (Wildman–Crippen MR) is 74.0 cm³/mol. The van der Waals surface area contributed by atoms with E-state index in [9.17, 15) is 14.9 Å². The Morgan fingerprint density at radius 1 is 1.55 bits per heavy atom. The van der Waals surface area contributed by atoms with Gasteiger partial charge in [-0.3, -0.25) is 14.9 Å². The molecule has 7 nitrogen and oxygen atoms in total. The lowest BCUT2D eigenvalue weighted by Crippen LogP contribution is -2.26. The summed E-state index contributed by atoms with van der Waals surface area (Å²) in [5.41, 5.74) is -0.460. The van der Waals surface area contributed by atoms with Crippen molar-refractivity contribution in [3.63, 3.8) is 0 Å². The van der Waals surface area contributed by atoms with Gasteiger partial charge < -0.3 is 10.1 Å². The van der Waals surface area contributed by atoms with Crippen LogP contribution in [0.1, 0.15) is 30.1 Å². The SMILES string of the molecule is CCCOCCCNC(=O)c1cc(Cl)ncc1[N+](=O)[O-]. The molecule has 110 valence electrons. The van der Waals surface area contributed by atoms with Gasteiger partial charge in [-0.1, -0.05) is 18.5 Å². The van der Waals surface area contributed by atoms with Crippen LogP contribution in [0.2, 0.25) is 5.15 Å². The standard InChI is InChI=1S/C12H16ClN3O4/c1-2-5-20-6-3-4-14-12(17)9-7-11(13)15-8-10(9)16(18)19/h7-8H,2-6H2,1H3,(H,14,17). The average Bonchev–Trinajstić information content (AvgIpc) is 2.42. The Balaban J connectivity index is 2.54. The van der Waals surface area contributed by atoms with E-state index in [1.807, 2.05) is 6.92 Å². The first-order valence-electron chi connectivity index (χ1n) is 6.22. The van der Waals surface area contributed by atoms with Gasteiger partial charge >= 0.3 is 0 Å². The van der Waals surface area contributed by atoms with Crippen LogP contribution in [0.15, 0.2) is 12.3 Å². The van der Waals surface area contributed by atoms with Crippen LogP contribution < -0.4 is 5.32 Å². The van der Waals surface area contributed by atoms with Crippen molar-refractivity contribution in [3.05, 3.63) is 33.1 Å². The first-order valence-corrected chi connectivity index (χ1v) is 6.60. The third-order valence-corrected chi connectivity index (χ3v) is 2.60. The number of aromatic nitrogens is 1. The minimum Gasteiger partial charge on any atom is -0.381 e. The summed E-state index contributed by atoms with van der Waals surface area (Å²) in [4.78, 5) is 25.6. The van der Waals surface area contributed by atoms with Crippen LogP contribution in [0.5, 0.6) is 0 Å². The normalized spacial score (nSPS) is 10.3. The van der Waals surface area contributed by atoms with Gasteiger partial charge in [-0.2, -0.15) is 0 Å². The molecule has 1 heterocycles. The van der Waals surface area contributed by atoms with E-state index in [4.69, 9.17) is 16.3 Å². The second-order valence-electron chi connectivity index (χ2n) is 4.00. The molecule has 20 heavy (non-hydrogen) atoms. The molecule has 0 aliphatic heterocycles. The van der Waals surface area contributed by atoms with Gasteiger partial charge in [0.2, 0.25) is 0 Å². The summed E-state index contributed by atoms with van der Waals surface area (Å²) >= 11 is 5.65. The largest absolute Gasteiger partial charge is 0.381 e. The van der Waals surface area contributed by atoms with Crippen molar-refractivity contribution in [2.75, 3.05) is 19.8 Å². The summed E-state index contributed by atoms with van der Waals surface area (Å²) in [5.74, 6) is -0.545. The number of ether oxygens (including phenoxy) is 1. The fourth-order valence-corrected chi connectivity index (χ4v) is 1.63. The fourth-order valence-electron chi connectivity index (χ4n) is 1.47. The van der Waals surface area contributed by atoms with Crippen LogP contribution in [-0.2, 0) is 4.74 Å². The van der Waals surface area contributed by atoms with Crippen LogP contribution >= 0.6 is 11.6 Å². The van der Waals surface area contributed by atoms with Gasteiger partial charge in [-0.25, -0.2) is 4.98 Å². The van der Waals surface area contributed by atoms with Crippen molar-refractivity contribution in [2.24, 2.45) is 0 Å². The first kappa shape index (κ1) is 16.3. The third-order valence-electron chi connectivity index (χ3n) is 2.39. The molecule has 0 saturated heterocycles. The molecule has 0 bridgehead atoms. The number of hydrogen-bond donors (Lipinski definition) is 1. The number of nitro groups is 1. The van der Waals surface area contributed by atoms with Crippen molar-refractivity contribution in [1.29, 1.82) is 0 Å². The van der Waals surface area contributed by atoms with Crippen molar-refractivity contribution in [1.82, 2.24) is 10.3 Å². The number of nitrogens with one attached hydrogen (secondary N) is 1. The lowest BCUT2D eigenvalue weighted by Gasteiger charge is -2.06. The molecular formula is C12H16ClN3O4. The zero-order chi connectivity index (χ0) is 15.0. The van der Waals surface area contributed by atoms with Crippen LogP contribution in [0, 0.1) is 10.1 Å². The molecule has 8 heteroatoms. The number of nitrogens with zero attached hydrogens (tertiary/aromatic N) is 2. The Hall–Kier alpha value is -1.73. The maximum absolute atomic E-state index is 11.9. The Labute approximate surface area is 121 Å². The molecular weight excluding hydrogens is 286 g/mol. The molecule has 1 amide bonds. The van der Waals surface area contributed by atoms with E-state index >= 15 is 0 Å². The molecule has 0 aromatic carbocycles. The zero-order valence-electron chi connectivity index (χ0n) is 11.1. The molecule has 0 saturated carbocycles. The highest BCUT2D eigenvalue weighted by Gasteiger charge is 2.20. The van der Waals surface area contributed by atoms with Crippen molar-refractivity contribution >= 4 is 23.2 Å². The molecule has 0 aliphatic carbocycles. The van der Waals surface area contributed by atoms with E-state index in [2.05, 4.69) is 10.3 Å². The summed E-state index contributed by atoms with van der Waals surface area (Å²) in [5, 5.41) is 13.4. The Kier molecular flexibility index (Phi) is 6.89. The monoisotopic (exact) mass is 301 g/mol. The van der Waals surface area contributed by atoms with Crippen LogP contribution in [0.3, 0.4) is 0 Å². The molecule has 1 aromatic rings. The second-order valence-corrected chi connectivity index (χ2v) is 4.39. The van der Waals surface area contributed by atoms with Gasteiger partial charge in [0.15, 0.2) is 0 Å². The lowest BCUT2D eigenvalue weighted by molar-refractivity contribution is -0.385. The van der Waals surface area contributed by atoms with E-state index in [1.54, 1.807) is 0 Å². The average molecular weight is 302 g/mol. The number of carbonyl (C=O) groups excluding carboxylic acids is 1. The number of pyridine rings is 1. The first-order chi connectivity index (χ1) is 9.56. The fraction of sp³-hybridized carbons (Fsp3) is 0.500. The smallest absolute Gasteiger partial charge is 0.300 e. The van der Waals surface area contributed by atoms with Crippen molar-refractivity contribution < 1.29 is 14.5 Å². The van der Waals surface area contributed by atoms with Crippen LogP contribution in [-0.4, -0.2) is 35.6 Å². The maximum Gasteiger partial charge on any atom is 0.300 e. The number of rotatable bonds is 8. The second kappa shape index (κ2) is 8.44. The highest BCUT2D eigenvalue weighted by atomic mass is 35.5. The quantitative estimate of drug-likeness (QED) is 0.344. The number of amides is 1. The van der Waals surface area contributed by atoms with Gasteiger partial charge in [0, 0.05) is 19.8 Å². The molecule has 1 rings (SSSR count). The summed E-state index contributed by atoms with van der Waals surface area (Å²) < 4.78 is 5.26. The third kappa shape index (κ3) is 5.10. The molecule has 0 spiro atoms. The highest BCUT2D eigenvalue weighted by Crippen LogP contribution is 2.20. The van der Waals surface area contributed by atoms with E-state index in [0.717, 1.165) is 12.6 Å². The summed E-state index contributed by atoms with van der Waals surface area (Å²) in [7, 11) is 0. The molecule has 0 aliphatic rings. The van der Waals surface area contributed by atoms with Crippen LogP contribution in [0.4, 0.5) is 5.69 Å². The van der Waals surface area contributed by atoms with E-state index in [0.29, 0.717) is 26.2 Å². The van der Waals surface area contributed by atoms with Gasteiger partial charge in [0.1, 0.15) is 16.9 Å². The molecule has 1 N–H and O–H groups in total. The highest BCUT2D eigenvalue weighted by molar-refractivity contribution is 6.29. The van der Waals surface area contributed by atoms with Gasteiger partial charge in [-0.15, -0.1) is 0 Å². The zero-order valence-corrected chi connectivity index (χ0v) is 11.9. The van der Waals surface area contributed by atoms with Crippen molar-refractivity contribution in [2.45, 2.75) is 19.8 Å². The van der Waals surface area contributed by atoms with Gasteiger partial charge in [-0.05, 0) is 18.9 Å². The number of carbonyl (C=O) groups is 1. The number of halogens is 1. The van der Waals surface area contributed by atoms with Crippen LogP contribution in [0.25, 0.3) is 0 Å². The number of hydrogen-bond acceptors (Lipinski definition) is 5. The summed E-state index contributed by atoms with van der Waals surface area (Å²) in [6, 6.07) is 1.18. The molecule has 0 unspecified atom stereocenters. The Morgan fingerprint density at radius 2 is 2.30 bits per heavy atom. The van der Waals surface area contributed by atoms with E-state index in [-0.39, 0.29) is 16.4 Å². The molecule has 0 atom stereocenters. The van der Waals surface area contributed by atoms with Gasteiger partial charge in [0.05, 0.1) is 4.92 Å². The van der Waals surface area contributed by atoms with E-state index < -0.39 is 10.8 Å². The molecule has 1 aromatic heterocycles.